The number of benzene rings is 1. The molecule has 1 aliphatic heterocycles. The molecule has 5 heteroatoms. The first-order chi connectivity index (χ1) is 14.0. The van der Waals surface area contributed by atoms with Gasteiger partial charge in [-0.15, -0.1) is 0 Å². The summed E-state index contributed by atoms with van der Waals surface area (Å²) in [6, 6.07) is 10.3. The van der Waals surface area contributed by atoms with Crippen LogP contribution in [0.1, 0.15) is 60.5 Å². The third kappa shape index (κ3) is 4.39. The van der Waals surface area contributed by atoms with Gasteiger partial charge in [-0.1, -0.05) is 43.8 Å². The molecule has 1 saturated carbocycles. The van der Waals surface area contributed by atoms with Crippen molar-refractivity contribution < 1.29 is 9.59 Å². The van der Waals surface area contributed by atoms with Gasteiger partial charge in [0.05, 0.1) is 5.69 Å². The summed E-state index contributed by atoms with van der Waals surface area (Å²) in [5.74, 6) is 0.609. The van der Waals surface area contributed by atoms with Crippen LogP contribution in [-0.2, 0) is 16.0 Å². The van der Waals surface area contributed by atoms with Gasteiger partial charge in [-0.3, -0.25) is 14.7 Å². The van der Waals surface area contributed by atoms with Crippen molar-refractivity contribution in [2.75, 3.05) is 13.1 Å². The number of H-pyrrole nitrogens is 1. The number of carbonyl (C=O) groups excluding carboxylic acids is 2. The van der Waals surface area contributed by atoms with Crippen molar-refractivity contribution in [3.63, 3.8) is 0 Å². The van der Waals surface area contributed by atoms with E-state index >= 15 is 0 Å². The molecule has 150 valence electrons. The van der Waals surface area contributed by atoms with Gasteiger partial charge in [-0.25, -0.2) is 0 Å². The van der Waals surface area contributed by atoms with Gasteiger partial charge in [0, 0.05) is 37.0 Å². The fourth-order valence-corrected chi connectivity index (χ4v) is 3.83. The van der Waals surface area contributed by atoms with Crippen LogP contribution in [0.25, 0.3) is 5.57 Å². The molecule has 1 aromatic heterocycles. The van der Waals surface area contributed by atoms with Crippen LogP contribution in [-0.4, -0.2) is 39.9 Å². The van der Waals surface area contributed by atoms with Crippen molar-refractivity contribution in [2.45, 2.75) is 44.4 Å². The number of aromatic nitrogens is 2. The number of ketones is 1. The zero-order chi connectivity index (χ0) is 20.4. The fraction of sp³-hybridized carbons (Fsp3) is 0.375. The van der Waals surface area contributed by atoms with Gasteiger partial charge in [-0.05, 0) is 48.1 Å². The third-order valence-corrected chi connectivity index (χ3v) is 5.97. The monoisotopic (exact) mass is 389 g/mol. The molecule has 0 saturated heterocycles. The number of hydrogen-bond donors (Lipinski definition) is 1. The molecule has 0 unspecified atom stereocenters. The van der Waals surface area contributed by atoms with E-state index in [1.54, 1.807) is 4.90 Å². The molecular weight excluding hydrogens is 362 g/mol. The number of hydrogen-bond acceptors (Lipinski definition) is 3. The largest absolute Gasteiger partial charge is 0.335 e. The number of nitrogens with zero attached hydrogens (tertiary/aromatic N) is 2. The Morgan fingerprint density at radius 2 is 2.07 bits per heavy atom. The smallest absolute Gasteiger partial charge is 0.246 e. The topological polar surface area (TPSA) is 66.1 Å². The highest BCUT2D eigenvalue weighted by molar-refractivity contribution is 5.88. The van der Waals surface area contributed by atoms with E-state index in [4.69, 9.17) is 0 Å². The zero-order valence-corrected chi connectivity index (χ0v) is 16.9. The Labute approximate surface area is 171 Å². The summed E-state index contributed by atoms with van der Waals surface area (Å²) in [5, 5.41) is 7.35. The van der Waals surface area contributed by atoms with E-state index in [1.165, 1.54) is 24.5 Å². The van der Waals surface area contributed by atoms with Crippen LogP contribution < -0.4 is 0 Å². The molecule has 0 radical (unpaired) electrons. The van der Waals surface area contributed by atoms with Gasteiger partial charge in [0.2, 0.25) is 5.91 Å². The number of amides is 1. The predicted octanol–water partition coefficient (Wildman–Crippen LogP) is 4.00. The molecule has 5 nitrogen and oxygen atoms in total. The lowest BCUT2D eigenvalue weighted by Crippen LogP contribution is -2.33. The summed E-state index contributed by atoms with van der Waals surface area (Å²) in [6.45, 7) is 6.84. The summed E-state index contributed by atoms with van der Waals surface area (Å²) in [7, 11) is 0. The minimum Gasteiger partial charge on any atom is -0.335 e. The molecule has 0 bridgehead atoms. The van der Waals surface area contributed by atoms with E-state index in [9.17, 15) is 9.59 Å². The van der Waals surface area contributed by atoms with Gasteiger partial charge in [0.15, 0.2) is 0 Å². The van der Waals surface area contributed by atoms with Crippen molar-refractivity contribution >= 4 is 17.3 Å². The van der Waals surface area contributed by atoms with Crippen LogP contribution in [0, 0.1) is 0 Å². The molecule has 1 aliphatic carbocycles. The average Bonchev–Trinajstić information content (AvgIpc) is 3.52. The van der Waals surface area contributed by atoms with E-state index in [0.717, 1.165) is 28.9 Å². The Kier molecular flexibility index (Phi) is 5.47. The lowest BCUT2D eigenvalue weighted by Gasteiger charge is -2.25. The van der Waals surface area contributed by atoms with Crippen molar-refractivity contribution in [1.29, 1.82) is 0 Å². The van der Waals surface area contributed by atoms with Gasteiger partial charge in [0.25, 0.3) is 0 Å². The molecule has 1 N–H and O–H groups in total. The molecule has 29 heavy (non-hydrogen) atoms. The number of nitrogens with one attached hydrogen (secondary N) is 1. The van der Waals surface area contributed by atoms with Crippen LogP contribution in [0.15, 0.2) is 49.1 Å². The Balaban J connectivity index is 1.37. The molecular formula is C24H27N3O2. The molecule has 1 fully saturated rings. The van der Waals surface area contributed by atoms with E-state index in [0.29, 0.717) is 25.4 Å². The van der Waals surface area contributed by atoms with Gasteiger partial charge < -0.3 is 4.90 Å². The number of Topliss-reactive ketones (excluding diaryl/α,β-unsaturated/α-hetero) is 1. The summed E-state index contributed by atoms with van der Waals surface area (Å²) >= 11 is 0. The third-order valence-electron chi connectivity index (χ3n) is 5.97. The van der Waals surface area contributed by atoms with Gasteiger partial charge in [0.1, 0.15) is 5.78 Å². The molecule has 0 spiro atoms. The van der Waals surface area contributed by atoms with Gasteiger partial charge in [-0.2, -0.15) is 5.10 Å². The summed E-state index contributed by atoms with van der Waals surface area (Å²) < 4.78 is 0. The van der Waals surface area contributed by atoms with Crippen molar-refractivity contribution in [3.8, 4) is 0 Å². The van der Waals surface area contributed by atoms with Crippen molar-refractivity contribution in [1.82, 2.24) is 15.1 Å². The number of rotatable bonds is 7. The summed E-state index contributed by atoms with van der Waals surface area (Å²) in [6.07, 6.45) is 7.10. The second kappa shape index (κ2) is 8.19. The normalized spacial score (nSPS) is 17.6. The second-order valence-electron chi connectivity index (χ2n) is 8.05. The van der Waals surface area contributed by atoms with E-state index in [1.807, 2.05) is 25.1 Å². The lowest BCUT2D eigenvalue weighted by molar-refractivity contribution is -0.125. The number of aromatic amines is 1. The first-order valence-corrected chi connectivity index (χ1v) is 10.3. The van der Waals surface area contributed by atoms with Crippen LogP contribution in [0.2, 0.25) is 0 Å². The minimum atomic E-state index is -0.155. The van der Waals surface area contributed by atoms with Crippen molar-refractivity contribution in [3.05, 3.63) is 71.6 Å². The standard InChI is InChI=1S/C24H27N3O2/c1-3-24(29)27-12-10-19(11-13-27)18-6-4-17(5-7-18)16(2)23(28)15-21-14-22(26-25-21)20-8-9-20/h3-7,10,14,16,20H,1,8-9,11-13,15H2,2H3,(H,25,26)/t16-/m0/s1. The molecule has 2 aromatic rings. The highest BCUT2D eigenvalue weighted by atomic mass is 16.2. The summed E-state index contributed by atoms with van der Waals surface area (Å²) in [5.41, 5.74) is 5.43. The summed E-state index contributed by atoms with van der Waals surface area (Å²) in [4.78, 5) is 26.2. The Bertz CT molecular complexity index is 951. The highest BCUT2D eigenvalue weighted by Crippen LogP contribution is 2.39. The predicted molar refractivity (Wildman–Crippen MR) is 114 cm³/mol. The van der Waals surface area contributed by atoms with E-state index < -0.39 is 0 Å². The molecule has 1 amide bonds. The Morgan fingerprint density at radius 3 is 2.69 bits per heavy atom. The first kappa shape index (κ1) is 19.4. The minimum absolute atomic E-state index is 0.0236. The van der Waals surface area contributed by atoms with E-state index in [2.05, 4.69) is 35.0 Å². The molecule has 4 rings (SSSR count). The molecule has 1 atom stereocenters. The molecule has 2 aliphatic rings. The van der Waals surface area contributed by atoms with Crippen LogP contribution in [0.3, 0.4) is 0 Å². The van der Waals surface area contributed by atoms with Crippen LogP contribution >= 0.6 is 0 Å². The van der Waals surface area contributed by atoms with Crippen LogP contribution in [0.5, 0.6) is 0 Å². The lowest BCUT2D eigenvalue weighted by atomic mass is 9.91. The van der Waals surface area contributed by atoms with Crippen LogP contribution in [0.4, 0.5) is 0 Å². The Morgan fingerprint density at radius 1 is 1.31 bits per heavy atom. The van der Waals surface area contributed by atoms with E-state index in [-0.39, 0.29) is 17.6 Å². The SMILES string of the molecule is C=CC(=O)N1CC=C(c2ccc([C@H](C)C(=O)Cc3cc(C4CC4)n[nH]3)cc2)CC1. The maximum absolute atomic E-state index is 12.7. The molecule has 1 aromatic carbocycles. The number of carbonyl (C=O) groups is 2. The van der Waals surface area contributed by atoms with Crippen molar-refractivity contribution in [2.24, 2.45) is 0 Å². The highest BCUT2D eigenvalue weighted by Gasteiger charge is 2.26. The maximum atomic E-state index is 12.7. The fourth-order valence-electron chi connectivity index (χ4n) is 3.83. The Hall–Kier alpha value is -2.95. The quantitative estimate of drug-likeness (QED) is 0.728. The van der Waals surface area contributed by atoms with Gasteiger partial charge >= 0.3 is 0 Å². The molecule has 2 heterocycles. The zero-order valence-electron chi connectivity index (χ0n) is 16.9. The second-order valence-corrected chi connectivity index (χ2v) is 8.05. The maximum Gasteiger partial charge on any atom is 0.246 e. The average molecular weight is 389 g/mol. The first-order valence-electron chi connectivity index (χ1n) is 10.3.